The number of thioether (sulfide) groups is 1. The van der Waals surface area contributed by atoms with Gasteiger partial charge >= 0.3 is 0 Å². The van der Waals surface area contributed by atoms with Gasteiger partial charge in [-0.2, -0.15) is 0 Å². The summed E-state index contributed by atoms with van der Waals surface area (Å²) in [5.74, 6) is 0.515. The van der Waals surface area contributed by atoms with E-state index in [2.05, 4.69) is 31.3 Å². The molecule has 0 heterocycles. The van der Waals surface area contributed by atoms with E-state index in [0.29, 0.717) is 5.92 Å². The predicted molar refractivity (Wildman–Crippen MR) is 94.3 cm³/mol. The number of hydrogen-bond donors (Lipinski definition) is 1. The third-order valence-corrected chi connectivity index (χ3v) is 4.36. The molecule has 2 aromatic carbocycles. The SMILES string of the molecule is CSc1ccccc1C(=O)N[C@@H](CC(C)C)c1ccccc1. The van der Waals surface area contributed by atoms with Crippen LogP contribution in [0.2, 0.25) is 0 Å². The Morgan fingerprint density at radius 3 is 2.32 bits per heavy atom. The molecule has 22 heavy (non-hydrogen) atoms. The van der Waals surface area contributed by atoms with Gasteiger partial charge in [-0.25, -0.2) is 0 Å². The van der Waals surface area contributed by atoms with Gasteiger partial charge in [0.15, 0.2) is 0 Å². The van der Waals surface area contributed by atoms with E-state index < -0.39 is 0 Å². The largest absolute Gasteiger partial charge is 0.345 e. The molecule has 0 aliphatic rings. The first kappa shape index (κ1) is 16.6. The van der Waals surface area contributed by atoms with Crippen molar-refractivity contribution in [3.05, 3.63) is 65.7 Å². The van der Waals surface area contributed by atoms with Gasteiger partial charge < -0.3 is 5.32 Å². The molecule has 0 bridgehead atoms. The number of carbonyl (C=O) groups is 1. The summed E-state index contributed by atoms with van der Waals surface area (Å²) in [7, 11) is 0. The fourth-order valence-corrected chi connectivity index (χ4v) is 3.10. The van der Waals surface area contributed by atoms with Gasteiger partial charge in [-0.3, -0.25) is 4.79 Å². The Balaban J connectivity index is 2.21. The minimum Gasteiger partial charge on any atom is -0.345 e. The van der Waals surface area contributed by atoms with E-state index >= 15 is 0 Å². The van der Waals surface area contributed by atoms with Crippen LogP contribution in [0.25, 0.3) is 0 Å². The van der Waals surface area contributed by atoms with Gasteiger partial charge in [-0.1, -0.05) is 56.3 Å². The molecule has 0 fully saturated rings. The van der Waals surface area contributed by atoms with Crippen LogP contribution >= 0.6 is 11.8 Å². The van der Waals surface area contributed by atoms with Gasteiger partial charge in [0.2, 0.25) is 0 Å². The van der Waals surface area contributed by atoms with E-state index in [4.69, 9.17) is 0 Å². The Morgan fingerprint density at radius 2 is 1.68 bits per heavy atom. The van der Waals surface area contributed by atoms with E-state index in [0.717, 1.165) is 22.4 Å². The van der Waals surface area contributed by atoms with Crippen molar-refractivity contribution < 1.29 is 4.79 Å². The summed E-state index contributed by atoms with van der Waals surface area (Å²) in [6.07, 6.45) is 2.92. The highest BCUT2D eigenvalue weighted by atomic mass is 32.2. The van der Waals surface area contributed by atoms with Crippen LogP contribution in [-0.2, 0) is 0 Å². The zero-order valence-corrected chi connectivity index (χ0v) is 14.2. The van der Waals surface area contributed by atoms with Gasteiger partial charge in [-0.15, -0.1) is 11.8 Å². The highest BCUT2D eigenvalue weighted by Gasteiger charge is 2.18. The maximum absolute atomic E-state index is 12.7. The molecule has 2 aromatic rings. The first-order chi connectivity index (χ1) is 10.6. The van der Waals surface area contributed by atoms with Crippen LogP contribution < -0.4 is 5.32 Å². The third-order valence-electron chi connectivity index (χ3n) is 3.57. The lowest BCUT2D eigenvalue weighted by Gasteiger charge is -2.21. The second-order valence-electron chi connectivity index (χ2n) is 5.77. The van der Waals surface area contributed by atoms with Gasteiger partial charge in [0, 0.05) is 4.90 Å². The Labute approximate surface area is 137 Å². The van der Waals surface area contributed by atoms with Gasteiger partial charge in [0.25, 0.3) is 5.91 Å². The molecule has 0 saturated carbocycles. The molecule has 2 rings (SSSR count). The normalized spacial score (nSPS) is 12.2. The molecule has 2 nitrogen and oxygen atoms in total. The first-order valence-electron chi connectivity index (χ1n) is 7.60. The smallest absolute Gasteiger partial charge is 0.252 e. The van der Waals surface area contributed by atoms with Gasteiger partial charge in [0.05, 0.1) is 11.6 Å². The quantitative estimate of drug-likeness (QED) is 0.766. The topological polar surface area (TPSA) is 29.1 Å². The molecule has 116 valence electrons. The lowest BCUT2D eigenvalue weighted by Crippen LogP contribution is -2.29. The first-order valence-corrected chi connectivity index (χ1v) is 8.83. The molecular weight excluding hydrogens is 290 g/mol. The van der Waals surface area contributed by atoms with E-state index in [1.807, 2.05) is 48.7 Å². The third kappa shape index (κ3) is 4.38. The summed E-state index contributed by atoms with van der Waals surface area (Å²) < 4.78 is 0. The summed E-state index contributed by atoms with van der Waals surface area (Å²) in [6.45, 7) is 4.36. The number of hydrogen-bond acceptors (Lipinski definition) is 2. The van der Waals surface area contributed by atoms with Crippen LogP contribution in [0.15, 0.2) is 59.5 Å². The van der Waals surface area contributed by atoms with E-state index in [-0.39, 0.29) is 11.9 Å². The fraction of sp³-hybridized carbons (Fsp3) is 0.316. The van der Waals surface area contributed by atoms with Crippen molar-refractivity contribution in [2.24, 2.45) is 5.92 Å². The zero-order valence-electron chi connectivity index (χ0n) is 13.4. The van der Waals surface area contributed by atoms with E-state index in [1.54, 1.807) is 11.8 Å². The monoisotopic (exact) mass is 313 g/mol. The van der Waals surface area contributed by atoms with Crippen molar-refractivity contribution in [3.63, 3.8) is 0 Å². The maximum Gasteiger partial charge on any atom is 0.252 e. The summed E-state index contributed by atoms with van der Waals surface area (Å²) in [5.41, 5.74) is 1.91. The average molecular weight is 313 g/mol. The molecule has 3 heteroatoms. The molecule has 0 spiro atoms. The van der Waals surface area contributed by atoms with Crippen LogP contribution in [0.3, 0.4) is 0 Å². The minimum absolute atomic E-state index is 0.000506. The molecule has 1 N–H and O–H groups in total. The van der Waals surface area contributed by atoms with Crippen LogP contribution in [0, 0.1) is 5.92 Å². The summed E-state index contributed by atoms with van der Waals surface area (Å²) in [4.78, 5) is 13.7. The van der Waals surface area contributed by atoms with Crippen molar-refractivity contribution in [2.75, 3.05) is 6.26 Å². The standard InChI is InChI=1S/C19H23NOS/c1-14(2)13-17(15-9-5-4-6-10-15)20-19(21)16-11-7-8-12-18(16)22-3/h4-12,14,17H,13H2,1-3H3,(H,20,21)/t17-/m0/s1. The fourth-order valence-electron chi connectivity index (χ4n) is 2.50. The van der Waals surface area contributed by atoms with Crippen LogP contribution in [0.5, 0.6) is 0 Å². The second kappa shape index (κ2) is 8.04. The summed E-state index contributed by atoms with van der Waals surface area (Å²) in [5, 5.41) is 3.20. The zero-order chi connectivity index (χ0) is 15.9. The van der Waals surface area contributed by atoms with Gasteiger partial charge in [0.1, 0.15) is 0 Å². The second-order valence-corrected chi connectivity index (χ2v) is 6.61. The molecular formula is C19H23NOS. The Bertz CT molecular complexity index is 610. The minimum atomic E-state index is -0.000506. The Kier molecular flexibility index (Phi) is 6.08. The van der Waals surface area contributed by atoms with Crippen molar-refractivity contribution in [1.82, 2.24) is 5.32 Å². The Hall–Kier alpha value is -1.74. The van der Waals surface area contributed by atoms with Crippen LogP contribution in [0.4, 0.5) is 0 Å². The predicted octanol–water partition coefficient (Wildman–Crippen LogP) is 4.93. The average Bonchev–Trinajstić information content (AvgIpc) is 2.54. The molecule has 0 aromatic heterocycles. The molecule has 0 aliphatic carbocycles. The molecule has 0 unspecified atom stereocenters. The van der Waals surface area contributed by atoms with Crippen molar-refractivity contribution in [1.29, 1.82) is 0 Å². The molecule has 0 aliphatic heterocycles. The number of benzene rings is 2. The summed E-state index contributed by atoms with van der Waals surface area (Å²) >= 11 is 1.60. The van der Waals surface area contributed by atoms with Crippen LogP contribution in [0.1, 0.15) is 42.2 Å². The number of nitrogens with one attached hydrogen (secondary N) is 1. The lowest BCUT2D eigenvalue weighted by molar-refractivity contribution is 0.0929. The number of amides is 1. The molecule has 1 amide bonds. The summed E-state index contributed by atoms with van der Waals surface area (Å²) in [6, 6.07) is 18.0. The van der Waals surface area contributed by atoms with Crippen molar-refractivity contribution in [3.8, 4) is 0 Å². The maximum atomic E-state index is 12.7. The van der Waals surface area contributed by atoms with Gasteiger partial charge in [-0.05, 0) is 36.3 Å². The van der Waals surface area contributed by atoms with E-state index in [9.17, 15) is 4.79 Å². The Morgan fingerprint density at radius 1 is 1.05 bits per heavy atom. The molecule has 0 radical (unpaired) electrons. The number of carbonyl (C=O) groups excluding carboxylic acids is 1. The number of rotatable bonds is 6. The highest BCUT2D eigenvalue weighted by molar-refractivity contribution is 7.98. The highest BCUT2D eigenvalue weighted by Crippen LogP contribution is 2.24. The van der Waals surface area contributed by atoms with Crippen LogP contribution in [-0.4, -0.2) is 12.2 Å². The molecule has 0 saturated heterocycles. The lowest BCUT2D eigenvalue weighted by atomic mass is 9.96. The van der Waals surface area contributed by atoms with Crippen molar-refractivity contribution >= 4 is 17.7 Å². The van der Waals surface area contributed by atoms with Crippen molar-refractivity contribution in [2.45, 2.75) is 31.2 Å². The van der Waals surface area contributed by atoms with E-state index in [1.165, 1.54) is 0 Å². The molecule has 1 atom stereocenters.